The smallest absolute Gasteiger partial charge is 0.160 e. The standard InChI is InChI=1S/C7H13FO4/c1-11-6-2-4(9)7(10)5(3-8)12-6/h4-7,9-10H,2-3H2,1H3. The minimum Gasteiger partial charge on any atom is -0.390 e. The molecule has 0 aromatic carbocycles. The van der Waals surface area contributed by atoms with E-state index in [-0.39, 0.29) is 6.42 Å². The van der Waals surface area contributed by atoms with Crippen molar-refractivity contribution in [2.24, 2.45) is 0 Å². The Balaban J connectivity index is 2.52. The Morgan fingerprint density at radius 3 is 2.75 bits per heavy atom. The maximum atomic E-state index is 12.2. The van der Waals surface area contributed by atoms with Gasteiger partial charge in [-0.15, -0.1) is 0 Å². The van der Waals surface area contributed by atoms with Crippen LogP contribution in [0.2, 0.25) is 0 Å². The van der Waals surface area contributed by atoms with Crippen molar-refractivity contribution in [2.45, 2.75) is 31.0 Å². The van der Waals surface area contributed by atoms with Crippen molar-refractivity contribution in [1.82, 2.24) is 0 Å². The third-order valence-electron chi connectivity index (χ3n) is 1.95. The Hall–Kier alpha value is -0.230. The molecule has 1 fully saturated rings. The van der Waals surface area contributed by atoms with Crippen molar-refractivity contribution in [1.29, 1.82) is 0 Å². The van der Waals surface area contributed by atoms with Crippen molar-refractivity contribution in [3.63, 3.8) is 0 Å². The topological polar surface area (TPSA) is 58.9 Å². The maximum Gasteiger partial charge on any atom is 0.160 e. The summed E-state index contributed by atoms with van der Waals surface area (Å²) in [5, 5.41) is 18.4. The highest BCUT2D eigenvalue weighted by Gasteiger charge is 2.36. The zero-order chi connectivity index (χ0) is 9.14. The lowest BCUT2D eigenvalue weighted by atomic mass is 10.0. The van der Waals surface area contributed by atoms with Gasteiger partial charge in [-0.25, -0.2) is 4.39 Å². The average molecular weight is 180 g/mol. The van der Waals surface area contributed by atoms with Gasteiger partial charge in [0.2, 0.25) is 0 Å². The molecule has 2 N–H and O–H groups in total. The number of alkyl halides is 1. The predicted octanol–water partition coefficient (Wildman–Crippen LogP) is -0.561. The van der Waals surface area contributed by atoms with Gasteiger partial charge in [-0.2, -0.15) is 0 Å². The summed E-state index contributed by atoms with van der Waals surface area (Å²) in [5.41, 5.74) is 0. The molecule has 0 amide bonds. The summed E-state index contributed by atoms with van der Waals surface area (Å²) in [6.07, 6.45) is -3.54. The van der Waals surface area contributed by atoms with E-state index in [1.165, 1.54) is 7.11 Å². The van der Waals surface area contributed by atoms with Crippen LogP contribution in [0, 0.1) is 0 Å². The SMILES string of the molecule is COC1CC(O)C(O)C(CF)O1. The third-order valence-corrected chi connectivity index (χ3v) is 1.95. The molecule has 1 aliphatic heterocycles. The number of hydrogen-bond acceptors (Lipinski definition) is 4. The summed E-state index contributed by atoms with van der Waals surface area (Å²) in [6.45, 7) is -0.821. The molecular formula is C7H13FO4. The van der Waals surface area contributed by atoms with E-state index in [9.17, 15) is 14.6 Å². The van der Waals surface area contributed by atoms with Gasteiger partial charge in [-0.05, 0) is 0 Å². The second kappa shape index (κ2) is 4.13. The molecule has 1 aliphatic rings. The molecule has 5 heteroatoms. The maximum absolute atomic E-state index is 12.2. The summed E-state index contributed by atoms with van der Waals surface area (Å²) in [4.78, 5) is 0. The lowest BCUT2D eigenvalue weighted by Crippen LogP contribution is -2.49. The first kappa shape index (κ1) is 9.85. The van der Waals surface area contributed by atoms with Crippen LogP contribution in [-0.2, 0) is 9.47 Å². The van der Waals surface area contributed by atoms with E-state index < -0.39 is 31.3 Å². The number of hydrogen-bond donors (Lipinski definition) is 2. The van der Waals surface area contributed by atoms with E-state index in [0.29, 0.717) is 0 Å². The molecule has 4 atom stereocenters. The van der Waals surface area contributed by atoms with Crippen molar-refractivity contribution < 1.29 is 24.1 Å². The molecule has 0 saturated carbocycles. The fraction of sp³-hybridized carbons (Fsp3) is 1.00. The zero-order valence-electron chi connectivity index (χ0n) is 6.81. The monoisotopic (exact) mass is 180 g/mol. The first-order valence-electron chi connectivity index (χ1n) is 3.79. The Morgan fingerprint density at radius 1 is 1.58 bits per heavy atom. The lowest BCUT2D eigenvalue weighted by molar-refractivity contribution is -0.244. The normalized spacial score (nSPS) is 43.0. The van der Waals surface area contributed by atoms with Crippen LogP contribution in [0.25, 0.3) is 0 Å². The highest BCUT2D eigenvalue weighted by atomic mass is 19.1. The van der Waals surface area contributed by atoms with E-state index in [1.54, 1.807) is 0 Å². The highest BCUT2D eigenvalue weighted by molar-refractivity contribution is 4.82. The lowest BCUT2D eigenvalue weighted by Gasteiger charge is -2.34. The summed E-state index contributed by atoms with van der Waals surface area (Å²) in [7, 11) is 1.41. The quantitative estimate of drug-likeness (QED) is 0.598. The molecule has 0 aromatic heterocycles. The van der Waals surface area contributed by atoms with Gasteiger partial charge in [0.25, 0.3) is 0 Å². The second-order valence-corrected chi connectivity index (χ2v) is 2.79. The summed E-state index contributed by atoms with van der Waals surface area (Å²) < 4.78 is 21.9. The van der Waals surface area contributed by atoms with Crippen LogP contribution >= 0.6 is 0 Å². The number of aliphatic hydroxyl groups excluding tert-OH is 2. The van der Waals surface area contributed by atoms with Crippen molar-refractivity contribution >= 4 is 0 Å². The Labute approximate surface area is 69.9 Å². The van der Waals surface area contributed by atoms with Crippen LogP contribution in [0.4, 0.5) is 4.39 Å². The van der Waals surface area contributed by atoms with Crippen LogP contribution in [0.5, 0.6) is 0 Å². The van der Waals surface area contributed by atoms with Crippen molar-refractivity contribution in [3.05, 3.63) is 0 Å². The Bertz CT molecular complexity index is 143. The molecule has 12 heavy (non-hydrogen) atoms. The van der Waals surface area contributed by atoms with Gasteiger partial charge in [0, 0.05) is 13.5 Å². The number of halogens is 1. The molecule has 1 rings (SSSR count). The van der Waals surface area contributed by atoms with E-state index in [2.05, 4.69) is 0 Å². The van der Waals surface area contributed by atoms with Gasteiger partial charge in [-0.1, -0.05) is 0 Å². The van der Waals surface area contributed by atoms with E-state index in [4.69, 9.17) is 9.47 Å². The van der Waals surface area contributed by atoms with Crippen molar-refractivity contribution in [3.8, 4) is 0 Å². The third kappa shape index (κ3) is 1.92. The van der Waals surface area contributed by atoms with Gasteiger partial charge in [0.05, 0.1) is 6.10 Å². The molecule has 1 saturated heterocycles. The van der Waals surface area contributed by atoms with Gasteiger partial charge >= 0.3 is 0 Å². The average Bonchev–Trinajstić information content (AvgIpc) is 2.09. The molecule has 1 heterocycles. The van der Waals surface area contributed by atoms with Crippen LogP contribution < -0.4 is 0 Å². The molecular weight excluding hydrogens is 167 g/mol. The van der Waals surface area contributed by atoms with Gasteiger partial charge < -0.3 is 19.7 Å². The Kier molecular flexibility index (Phi) is 3.39. The Morgan fingerprint density at radius 2 is 2.25 bits per heavy atom. The molecule has 0 aromatic rings. The molecule has 4 nitrogen and oxygen atoms in total. The summed E-state index contributed by atoms with van der Waals surface area (Å²) in [5.74, 6) is 0. The van der Waals surface area contributed by atoms with E-state index in [0.717, 1.165) is 0 Å². The largest absolute Gasteiger partial charge is 0.390 e. The zero-order valence-corrected chi connectivity index (χ0v) is 6.81. The number of ether oxygens (including phenoxy) is 2. The van der Waals surface area contributed by atoms with Crippen molar-refractivity contribution in [2.75, 3.05) is 13.8 Å². The molecule has 0 aliphatic carbocycles. The summed E-state index contributed by atoms with van der Waals surface area (Å²) >= 11 is 0. The number of aliphatic hydroxyl groups is 2. The fourth-order valence-electron chi connectivity index (χ4n) is 1.19. The number of methoxy groups -OCH3 is 1. The molecule has 0 radical (unpaired) electrons. The van der Waals surface area contributed by atoms with E-state index >= 15 is 0 Å². The van der Waals surface area contributed by atoms with Gasteiger partial charge in [-0.3, -0.25) is 0 Å². The minimum atomic E-state index is -1.15. The first-order chi connectivity index (χ1) is 5.69. The molecule has 0 bridgehead atoms. The second-order valence-electron chi connectivity index (χ2n) is 2.79. The minimum absolute atomic E-state index is 0.175. The van der Waals surface area contributed by atoms with Crippen LogP contribution in [0.1, 0.15) is 6.42 Å². The van der Waals surface area contributed by atoms with Crippen LogP contribution in [0.15, 0.2) is 0 Å². The summed E-state index contributed by atoms with van der Waals surface area (Å²) in [6, 6.07) is 0. The van der Waals surface area contributed by atoms with Gasteiger partial charge in [0.1, 0.15) is 18.9 Å². The van der Waals surface area contributed by atoms with Crippen LogP contribution in [-0.4, -0.2) is 48.6 Å². The van der Waals surface area contributed by atoms with Gasteiger partial charge in [0.15, 0.2) is 6.29 Å². The first-order valence-corrected chi connectivity index (χ1v) is 3.79. The van der Waals surface area contributed by atoms with E-state index in [1.807, 2.05) is 0 Å². The molecule has 4 unspecified atom stereocenters. The molecule has 72 valence electrons. The van der Waals surface area contributed by atoms with Crippen LogP contribution in [0.3, 0.4) is 0 Å². The fourth-order valence-corrected chi connectivity index (χ4v) is 1.19. The molecule has 0 spiro atoms. The number of rotatable bonds is 2. The highest BCUT2D eigenvalue weighted by Crippen LogP contribution is 2.20. The predicted molar refractivity (Wildman–Crippen MR) is 38.3 cm³/mol.